The van der Waals surface area contributed by atoms with Crippen molar-refractivity contribution in [1.82, 2.24) is 0 Å². The lowest BCUT2D eigenvalue weighted by Crippen LogP contribution is -2.64. The molecule has 0 unspecified atom stereocenters. The zero-order valence-corrected chi connectivity index (χ0v) is 42.1. The van der Waals surface area contributed by atoms with Crippen molar-refractivity contribution in [2.75, 3.05) is 24.9 Å². The molecule has 1 amide bonds. The molecule has 398 valence electrons. The van der Waals surface area contributed by atoms with E-state index >= 15 is 0 Å². The van der Waals surface area contributed by atoms with Crippen LogP contribution in [-0.2, 0) is 94.8 Å². The van der Waals surface area contributed by atoms with Crippen molar-refractivity contribution >= 4 is 23.5 Å². The minimum atomic E-state index is -1.42. The Labute approximate surface area is 440 Å². The first-order valence-electron chi connectivity index (χ1n) is 25.1. The summed E-state index contributed by atoms with van der Waals surface area (Å²) in [5.74, 6) is -1.63. The predicted molar refractivity (Wildman–Crippen MR) is 272 cm³/mol. The van der Waals surface area contributed by atoms with Gasteiger partial charge >= 0.3 is 11.9 Å². The highest BCUT2D eigenvalue weighted by molar-refractivity contribution is 5.95. The van der Waals surface area contributed by atoms with E-state index in [2.05, 4.69) is 0 Å². The zero-order valence-electron chi connectivity index (χ0n) is 42.1. The molecule has 3 heterocycles. The number of rotatable bonds is 23. The molecule has 3 aliphatic rings. The highest BCUT2D eigenvalue weighted by Gasteiger charge is 2.54. The van der Waals surface area contributed by atoms with E-state index < -0.39 is 79.3 Å². The minimum Gasteiger partial charge on any atom is -0.481 e. The van der Waals surface area contributed by atoms with Gasteiger partial charge in [0, 0.05) is 19.9 Å². The molecule has 17 heteroatoms. The van der Waals surface area contributed by atoms with Crippen LogP contribution in [0.25, 0.3) is 0 Å². The highest BCUT2D eigenvalue weighted by atomic mass is 16.8. The molecule has 6 aromatic carbocycles. The summed E-state index contributed by atoms with van der Waals surface area (Å²) in [6, 6.07) is 52.4. The molecule has 0 radical (unpaired) electrons. The molecular weight excluding hydrogens is 979 g/mol. The monoisotopic (exact) mass is 1040 g/mol. The van der Waals surface area contributed by atoms with Crippen LogP contribution in [0.5, 0.6) is 11.5 Å². The fourth-order valence-electron chi connectivity index (χ4n) is 9.12. The molecule has 10 atom stereocenters. The van der Waals surface area contributed by atoms with Crippen molar-refractivity contribution in [1.29, 1.82) is 0 Å². The largest absolute Gasteiger partial charge is 0.481 e. The Morgan fingerprint density at radius 3 is 1.37 bits per heavy atom. The van der Waals surface area contributed by atoms with Crippen LogP contribution in [-0.4, -0.2) is 104 Å². The van der Waals surface area contributed by atoms with E-state index in [0.717, 1.165) is 27.8 Å². The summed E-state index contributed by atoms with van der Waals surface area (Å²) < 4.78 is 78.1. The van der Waals surface area contributed by atoms with Gasteiger partial charge in [-0.25, -0.2) is 0 Å². The first-order chi connectivity index (χ1) is 37.1. The number of carbonyl (C=O) groups excluding carboxylic acids is 3. The molecule has 1 N–H and O–H groups in total. The van der Waals surface area contributed by atoms with Crippen molar-refractivity contribution in [2.24, 2.45) is 0 Å². The molecule has 0 aromatic heterocycles. The molecule has 0 spiro atoms. The number of nitrogens with zero attached hydrogens (tertiary/aromatic N) is 1. The number of carbonyl (C=O) groups is 3. The van der Waals surface area contributed by atoms with Gasteiger partial charge in [0.2, 0.25) is 6.29 Å². The smallest absolute Gasteiger partial charge is 0.303 e. The number of amides is 1. The van der Waals surface area contributed by atoms with Crippen LogP contribution in [0.1, 0.15) is 41.7 Å². The van der Waals surface area contributed by atoms with E-state index in [0.29, 0.717) is 5.06 Å². The predicted octanol–water partition coefficient (Wildman–Crippen LogP) is 8.07. The van der Waals surface area contributed by atoms with Gasteiger partial charge in [-0.3, -0.25) is 19.6 Å². The van der Waals surface area contributed by atoms with Crippen molar-refractivity contribution in [3.63, 3.8) is 0 Å². The molecule has 0 aliphatic carbocycles. The Hall–Kier alpha value is -7.03. The first kappa shape index (κ1) is 53.8. The SMILES string of the molecule is CC(=O)O[C@H]1[C@@H](OC[C@H]2O[C@H](Oc3ccc4c(c3)N(O)C(=O)CO4)[C@H](OC(C)=O)[C@@H](OCc3ccccc3)[C@@H]2OCc2ccccc2)O[C@H](COCc2ccccc2)[C@@H](OCc2ccccc2)[C@@H]1OCc1ccccc1. The number of esters is 2. The van der Waals surface area contributed by atoms with E-state index in [9.17, 15) is 19.6 Å². The Kier molecular flexibility index (Phi) is 18.9. The van der Waals surface area contributed by atoms with Gasteiger partial charge < -0.3 is 56.8 Å². The lowest BCUT2D eigenvalue weighted by atomic mass is 9.97. The van der Waals surface area contributed by atoms with Crippen LogP contribution in [0.15, 0.2) is 170 Å². The maximum Gasteiger partial charge on any atom is 0.303 e. The summed E-state index contributed by atoms with van der Waals surface area (Å²) in [4.78, 5) is 38.8. The lowest BCUT2D eigenvalue weighted by molar-refractivity contribution is -0.339. The number of fused-ring (bicyclic) bond motifs is 1. The Bertz CT molecular complexity index is 2760. The molecule has 2 fully saturated rings. The van der Waals surface area contributed by atoms with Gasteiger partial charge in [-0.1, -0.05) is 152 Å². The van der Waals surface area contributed by atoms with E-state index in [4.69, 9.17) is 56.8 Å². The molecule has 0 bridgehead atoms. The molecule has 3 aliphatic heterocycles. The van der Waals surface area contributed by atoms with Crippen molar-refractivity contribution in [3.05, 3.63) is 198 Å². The number of hydrogen-bond donors (Lipinski definition) is 1. The Morgan fingerprint density at radius 2 is 0.908 bits per heavy atom. The van der Waals surface area contributed by atoms with Crippen molar-refractivity contribution < 1.29 is 76.4 Å². The molecule has 2 saturated heterocycles. The van der Waals surface area contributed by atoms with Crippen LogP contribution in [0.4, 0.5) is 5.69 Å². The molecule has 0 saturated carbocycles. The van der Waals surface area contributed by atoms with Gasteiger partial charge in [-0.15, -0.1) is 0 Å². The van der Waals surface area contributed by atoms with Crippen molar-refractivity contribution in [2.45, 2.75) is 108 Å². The van der Waals surface area contributed by atoms with Crippen molar-refractivity contribution in [3.8, 4) is 11.5 Å². The number of benzene rings is 6. The summed E-state index contributed by atoms with van der Waals surface area (Å²) in [6.07, 6.45) is -11.2. The number of ether oxygens (including phenoxy) is 12. The third-order valence-electron chi connectivity index (χ3n) is 12.7. The standard InChI is InChI=1S/C59H61NO16/c1-39(61)72-56-54(69-34-44-24-14-6-15-25-44)52(67-32-42-20-10-4-11-21-42)49(36-65-31-41-18-8-3-9-19-41)75-58(56)71-37-50-53(68-33-43-22-12-5-13-23-43)55(70-35-45-26-16-7-17-27-45)57(73-40(2)62)59(76-50)74-46-28-29-48-47(30-46)60(64)51(63)38-66-48/h3-30,49-50,52-59,64H,31-38H2,1-2H3/t49-,50-,52-,53-,54+,55+,56-,57-,58+,59+/m1/s1. The number of anilines is 1. The second-order valence-electron chi connectivity index (χ2n) is 18.4. The van der Waals surface area contributed by atoms with E-state index in [1.54, 1.807) is 6.07 Å². The van der Waals surface area contributed by atoms with Crippen LogP contribution in [0, 0.1) is 0 Å². The molecular formula is C59H61NO16. The Balaban J connectivity index is 1.07. The average Bonchev–Trinajstić information content (AvgIpc) is 3.46. The van der Waals surface area contributed by atoms with Gasteiger partial charge in [0.25, 0.3) is 5.91 Å². The van der Waals surface area contributed by atoms with Gasteiger partial charge in [-0.05, 0) is 39.9 Å². The van der Waals surface area contributed by atoms with Crippen LogP contribution in [0.2, 0.25) is 0 Å². The molecule has 6 aromatic rings. The summed E-state index contributed by atoms with van der Waals surface area (Å²) in [7, 11) is 0. The maximum absolute atomic E-state index is 13.2. The Morgan fingerprint density at radius 1 is 0.500 bits per heavy atom. The quantitative estimate of drug-likeness (QED) is 0.0479. The minimum absolute atomic E-state index is 0.0208. The van der Waals surface area contributed by atoms with Crippen LogP contribution >= 0.6 is 0 Å². The number of hydroxylamine groups is 1. The van der Waals surface area contributed by atoms with Gasteiger partial charge in [-0.2, -0.15) is 5.06 Å². The zero-order chi connectivity index (χ0) is 52.6. The highest BCUT2D eigenvalue weighted by Crippen LogP contribution is 2.38. The average molecular weight is 1040 g/mol. The van der Waals surface area contributed by atoms with Gasteiger partial charge in [0.15, 0.2) is 25.1 Å². The fourth-order valence-corrected chi connectivity index (χ4v) is 9.12. The van der Waals surface area contributed by atoms with Gasteiger partial charge in [0.05, 0.1) is 46.2 Å². The summed E-state index contributed by atoms with van der Waals surface area (Å²) in [6.45, 7) is 2.59. The molecule has 76 heavy (non-hydrogen) atoms. The normalized spacial score (nSPS) is 24.2. The third kappa shape index (κ3) is 14.5. The fraction of sp³-hybridized carbons (Fsp3) is 0.339. The van der Waals surface area contributed by atoms with Crippen LogP contribution in [0.3, 0.4) is 0 Å². The topological polar surface area (TPSA) is 185 Å². The summed E-state index contributed by atoms with van der Waals surface area (Å²) in [5.41, 5.74) is 4.37. The first-order valence-corrected chi connectivity index (χ1v) is 25.1. The van der Waals surface area contributed by atoms with Gasteiger partial charge in [0.1, 0.15) is 53.8 Å². The lowest BCUT2D eigenvalue weighted by Gasteiger charge is -2.47. The molecule has 9 rings (SSSR count). The number of hydrogen-bond acceptors (Lipinski definition) is 16. The summed E-state index contributed by atoms with van der Waals surface area (Å²) in [5, 5.41) is 11.2. The van der Waals surface area contributed by atoms with E-state index in [1.807, 2.05) is 152 Å². The third-order valence-corrected chi connectivity index (χ3v) is 12.7. The van der Waals surface area contributed by atoms with E-state index in [1.165, 1.54) is 26.0 Å². The maximum atomic E-state index is 13.2. The van der Waals surface area contributed by atoms with Crippen LogP contribution < -0.4 is 14.5 Å². The second kappa shape index (κ2) is 26.6. The summed E-state index contributed by atoms with van der Waals surface area (Å²) >= 11 is 0. The second-order valence-corrected chi connectivity index (χ2v) is 18.4. The van der Waals surface area contributed by atoms with E-state index in [-0.39, 0.29) is 70.0 Å². The molecule has 17 nitrogen and oxygen atoms in total.